The first-order valence-corrected chi connectivity index (χ1v) is 6.50. The van der Waals surface area contributed by atoms with Crippen LogP contribution in [0.1, 0.15) is 24.1 Å². The highest BCUT2D eigenvalue weighted by atomic mass is 35.5. The van der Waals surface area contributed by atoms with Crippen LogP contribution in [0.5, 0.6) is 0 Å². The van der Waals surface area contributed by atoms with Gasteiger partial charge in [0, 0.05) is 25.7 Å². The van der Waals surface area contributed by atoms with Gasteiger partial charge in [0.1, 0.15) is 5.15 Å². The first-order valence-electron chi connectivity index (χ1n) is 6.13. The number of rotatable bonds is 2. The van der Waals surface area contributed by atoms with E-state index in [4.69, 9.17) is 11.6 Å². The summed E-state index contributed by atoms with van der Waals surface area (Å²) >= 11 is 6.11. The zero-order valence-corrected chi connectivity index (χ0v) is 11.4. The van der Waals surface area contributed by atoms with Crippen LogP contribution in [0.2, 0.25) is 5.15 Å². The van der Waals surface area contributed by atoms with Gasteiger partial charge in [0.05, 0.1) is 18.2 Å². The number of carbonyl (C=O) groups is 1. The summed E-state index contributed by atoms with van der Waals surface area (Å²) in [4.78, 5) is 13.9. The predicted octanol–water partition coefficient (Wildman–Crippen LogP) is 0.908. The van der Waals surface area contributed by atoms with Crippen molar-refractivity contribution in [3.63, 3.8) is 0 Å². The summed E-state index contributed by atoms with van der Waals surface area (Å²) in [5.74, 6) is 0.00625. The van der Waals surface area contributed by atoms with Crippen LogP contribution in [-0.2, 0) is 18.3 Å². The third-order valence-corrected chi connectivity index (χ3v) is 3.82. The highest BCUT2D eigenvalue weighted by Crippen LogP contribution is 2.20. The van der Waals surface area contributed by atoms with E-state index in [0.717, 1.165) is 24.1 Å². The molecule has 2 heterocycles. The van der Waals surface area contributed by atoms with E-state index in [1.807, 2.05) is 6.92 Å². The molecule has 1 N–H and O–H groups in total. The molecule has 1 saturated heterocycles. The number of aryl methyl sites for hydroxylation is 2. The number of carbonyl (C=O) groups excluding carboxylic acids is 1. The summed E-state index contributed by atoms with van der Waals surface area (Å²) in [6.07, 6.45) is 1.49. The van der Waals surface area contributed by atoms with Crippen molar-refractivity contribution in [3.05, 3.63) is 16.4 Å². The second-order valence-electron chi connectivity index (χ2n) is 4.79. The Hall–Kier alpha value is -1.07. The monoisotopic (exact) mass is 271 g/mol. The minimum Gasteiger partial charge on any atom is -0.391 e. The molecule has 1 aliphatic rings. The quantitative estimate of drug-likeness (QED) is 0.870. The van der Waals surface area contributed by atoms with E-state index < -0.39 is 6.10 Å². The number of nitrogens with zero attached hydrogens (tertiary/aromatic N) is 3. The lowest BCUT2D eigenvalue weighted by atomic mass is 10.1. The maximum absolute atomic E-state index is 12.1. The number of aliphatic hydroxyl groups is 1. The van der Waals surface area contributed by atoms with E-state index in [0.29, 0.717) is 18.2 Å². The molecule has 2 rings (SSSR count). The summed E-state index contributed by atoms with van der Waals surface area (Å²) in [5.41, 5.74) is 1.57. The zero-order valence-electron chi connectivity index (χ0n) is 10.7. The van der Waals surface area contributed by atoms with Gasteiger partial charge in [-0.25, -0.2) is 0 Å². The summed E-state index contributed by atoms with van der Waals surface area (Å²) < 4.78 is 1.57. The van der Waals surface area contributed by atoms with Crippen molar-refractivity contribution in [2.75, 3.05) is 13.1 Å². The van der Waals surface area contributed by atoms with E-state index in [2.05, 4.69) is 5.10 Å². The van der Waals surface area contributed by atoms with Gasteiger partial charge in [-0.2, -0.15) is 5.10 Å². The minimum atomic E-state index is -0.395. The Bertz CT molecular complexity index is 458. The lowest BCUT2D eigenvalue weighted by molar-refractivity contribution is -0.133. The zero-order chi connectivity index (χ0) is 13.3. The lowest BCUT2D eigenvalue weighted by Gasteiger charge is -2.30. The molecular formula is C12H18ClN3O2. The summed E-state index contributed by atoms with van der Waals surface area (Å²) in [7, 11) is 1.76. The third kappa shape index (κ3) is 2.67. The standard InChI is InChI=1S/C12H18ClN3O2/c1-8-10(12(13)15(2)14-8)6-11(18)16-5-3-4-9(17)7-16/h9,17H,3-7H2,1-2H3. The topological polar surface area (TPSA) is 58.4 Å². The molecule has 100 valence electrons. The number of amides is 1. The summed E-state index contributed by atoms with van der Waals surface area (Å²) in [6.45, 7) is 2.99. The molecule has 1 unspecified atom stereocenters. The Morgan fingerprint density at radius 2 is 2.33 bits per heavy atom. The fourth-order valence-corrected chi connectivity index (χ4v) is 2.56. The highest BCUT2D eigenvalue weighted by molar-refractivity contribution is 6.30. The van der Waals surface area contributed by atoms with Crippen LogP contribution in [0.4, 0.5) is 0 Å². The normalized spacial score (nSPS) is 20.2. The Morgan fingerprint density at radius 3 is 2.89 bits per heavy atom. The molecule has 6 heteroatoms. The highest BCUT2D eigenvalue weighted by Gasteiger charge is 2.24. The van der Waals surface area contributed by atoms with Crippen LogP contribution in [0.3, 0.4) is 0 Å². The first-order chi connectivity index (χ1) is 8.49. The van der Waals surface area contributed by atoms with Crippen LogP contribution >= 0.6 is 11.6 Å². The fourth-order valence-electron chi connectivity index (χ4n) is 2.32. The van der Waals surface area contributed by atoms with E-state index in [-0.39, 0.29) is 12.3 Å². The molecule has 0 saturated carbocycles. The van der Waals surface area contributed by atoms with Gasteiger partial charge in [-0.3, -0.25) is 9.48 Å². The number of piperidine rings is 1. The smallest absolute Gasteiger partial charge is 0.227 e. The van der Waals surface area contributed by atoms with Crippen LogP contribution in [0, 0.1) is 6.92 Å². The molecule has 1 fully saturated rings. The molecular weight excluding hydrogens is 254 g/mol. The maximum atomic E-state index is 12.1. The fraction of sp³-hybridized carbons (Fsp3) is 0.667. The number of halogens is 1. The van der Waals surface area contributed by atoms with Crippen molar-refractivity contribution in [2.45, 2.75) is 32.3 Å². The number of likely N-dealkylation sites (tertiary alicyclic amines) is 1. The minimum absolute atomic E-state index is 0.00625. The number of hydrogen-bond acceptors (Lipinski definition) is 3. The number of aromatic nitrogens is 2. The van der Waals surface area contributed by atoms with Gasteiger partial charge in [0.2, 0.25) is 5.91 Å². The number of aliphatic hydroxyl groups excluding tert-OH is 1. The molecule has 0 radical (unpaired) electrons. The van der Waals surface area contributed by atoms with Gasteiger partial charge in [-0.15, -0.1) is 0 Å². The lowest BCUT2D eigenvalue weighted by Crippen LogP contribution is -2.42. The molecule has 1 aromatic rings. The second kappa shape index (κ2) is 5.28. The molecule has 0 spiro atoms. The largest absolute Gasteiger partial charge is 0.391 e. The second-order valence-corrected chi connectivity index (χ2v) is 5.15. The Balaban J connectivity index is 2.06. The van der Waals surface area contributed by atoms with Gasteiger partial charge < -0.3 is 10.0 Å². The van der Waals surface area contributed by atoms with Gasteiger partial charge in [0.15, 0.2) is 0 Å². The van der Waals surface area contributed by atoms with Gasteiger partial charge in [-0.1, -0.05) is 11.6 Å². The molecule has 0 aliphatic carbocycles. The molecule has 18 heavy (non-hydrogen) atoms. The molecule has 5 nitrogen and oxygen atoms in total. The van der Waals surface area contributed by atoms with Crippen LogP contribution < -0.4 is 0 Å². The number of β-amino-alcohol motifs (C(OH)–C–C–N with tert-alkyl or cyclic N) is 1. The maximum Gasteiger partial charge on any atom is 0.227 e. The van der Waals surface area contributed by atoms with E-state index in [1.54, 1.807) is 16.6 Å². The van der Waals surface area contributed by atoms with Crippen molar-refractivity contribution in [2.24, 2.45) is 7.05 Å². The SMILES string of the molecule is Cc1nn(C)c(Cl)c1CC(=O)N1CCCC(O)C1. The average Bonchev–Trinajstić information content (AvgIpc) is 2.56. The molecule has 0 aromatic carbocycles. The van der Waals surface area contributed by atoms with E-state index >= 15 is 0 Å². The van der Waals surface area contributed by atoms with Gasteiger partial charge >= 0.3 is 0 Å². The van der Waals surface area contributed by atoms with Crippen molar-refractivity contribution in [1.29, 1.82) is 0 Å². The van der Waals surface area contributed by atoms with Crippen LogP contribution in [0.15, 0.2) is 0 Å². The van der Waals surface area contributed by atoms with Crippen LogP contribution in [0.25, 0.3) is 0 Å². The predicted molar refractivity (Wildman–Crippen MR) is 68.5 cm³/mol. The molecule has 1 aromatic heterocycles. The third-order valence-electron chi connectivity index (χ3n) is 3.35. The van der Waals surface area contributed by atoms with Gasteiger partial charge in [0.25, 0.3) is 0 Å². The van der Waals surface area contributed by atoms with Gasteiger partial charge in [-0.05, 0) is 19.8 Å². The van der Waals surface area contributed by atoms with Crippen molar-refractivity contribution < 1.29 is 9.90 Å². The first kappa shape index (κ1) is 13.4. The molecule has 0 bridgehead atoms. The van der Waals surface area contributed by atoms with Crippen molar-refractivity contribution in [3.8, 4) is 0 Å². The summed E-state index contributed by atoms with van der Waals surface area (Å²) in [5, 5.41) is 14.3. The van der Waals surface area contributed by atoms with Crippen molar-refractivity contribution in [1.82, 2.24) is 14.7 Å². The molecule has 1 atom stereocenters. The Morgan fingerprint density at radius 1 is 1.61 bits per heavy atom. The summed E-state index contributed by atoms with van der Waals surface area (Å²) in [6, 6.07) is 0. The average molecular weight is 272 g/mol. The van der Waals surface area contributed by atoms with Crippen LogP contribution in [-0.4, -0.2) is 44.9 Å². The van der Waals surface area contributed by atoms with E-state index in [1.165, 1.54) is 0 Å². The van der Waals surface area contributed by atoms with Crippen molar-refractivity contribution >= 4 is 17.5 Å². The Labute approximate surface area is 111 Å². The Kier molecular flexibility index (Phi) is 3.92. The molecule has 1 amide bonds. The number of hydrogen-bond donors (Lipinski definition) is 1. The van der Waals surface area contributed by atoms with E-state index in [9.17, 15) is 9.90 Å². The molecule has 1 aliphatic heterocycles.